The summed E-state index contributed by atoms with van der Waals surface area (Å²) >= 11 is 0. The molecule has 5 rings (SSSR count). The number of amides is 1. The highest BCUT2D eigenvalue weighted by atomic mass is 19.4. The number of carbonyl (C=O) groups excluding carboxylic acids is 1. The standard InChI is InChI=1S/C29H34F4N6O2/c1-18(2)37-8-6-36(7-9-37)16-21(20-4-5-22(23(30)15-20)29(31,32)33)28(41)39-12-10-38(11-13-39)27-25-19(3)14-24(40)26(25)34-17-35-27/h4-9,15,17-19,21,24,40H,10-14,16H2,1-3H3/t19-,21-,24-/m1/s1. The number of hydrogen-bond donors (Lipinski definition) is 1. The molecule has 2 aromatic rings. The molecule has 1 aromatic carbocycles. The molecule has 0 unspecified atom stereocenters. The number of carbonyl (C=O) groups is 1. The van der Waals surface area contributed by atoms with Gasteiger partial charge in [-0.2, -0.15) is 13.2 Å². The molecular weight excluding hydrogens is 540 g/mol. The smallest absolute Gasteiger partial charge is 0.387 e. The van der Waals surface area contributed by atoms with Gasteiger partial charge in [0.15, 0.2) is 0 Å². The van der Waals surface area contributed by atoms with Crippen molar-refractivity contribution in [1.82, 2.24) is 24.7 Å². The number of benzene rings is 1. The lowest BCUT2D eigenvalue weighted by Gasteiger charge is -2.38. The highest BCUT2D eigenvalue weighted by Crippen LogP contribution is 2.43. The lowest BCUT2D eigenvalue weighted by Crippen LogP contribution is -2.51. The molecule has 0 saturated carbocycles. The van der Waals surface area contributed by atoms with Crippen LogP contribution in [0.3, 0.4) is 0 Å². The minimum Gasteiger partial charge on any atom is -0.387 e. The third kappa shape index (κ3) is 5.88. The van der Waals surface area contributed by atoms with Crippen LogP contribution in [0.25, 0.3) is 0 Å². The van der Waals surface area contributed by atoms with Gasteiger partial charge in [-0.25, -0.2) is 14.4 Å². The number of hydrogen-bond acceptors (Lipinski definition) is 7. The number of aromatic nitrogens is 2. The van der Waals surface area contributed by atoms with Crippen LogP contribution in [0.15, 0.2) is 49.3 Å². The van der Waals surface area contributed by atoms with E-state index in [1.54, 1.807) is 22.2 Å². The van der Waals surface area contributed by atoms with Gasteiger partial charge < -0.3 is 24.7 Å². The summed E-state index contributed by atoms with van der Waals surface area (Å²) in [5, 5.41) is 10.3. The van der Waals surface area contributed by atoms with E-state index in [0.29, 0.717) is 44.4 Å². The van der Waals surface area contributed by atoms with E-state index < -0.39 is 29.6 Å². The first-order valence-electron chi connectivity index (χ1n) is 13.8. The molecule has 0 bridgehead atoms. The summed E-state index contributed by atoms with van der Waals surface area (Å²) in [6, 6.07) is 2.96. The number of piperazine rings is 1. The van der Waals surface area contributed by atoms with E-state index in [2.05, 4.69) is 14.9 Å². The summed E-state index contributed by atoms with van der Waals surface area (Å²) in [7, 11) is 0. The number of rotatable bonds is 6. The van der Waals surface area contributed by atoms with Crippen molar-refractivity contribution in [3.8, 4) is 0 Å². The fourth-order valence-corrected chi connectivity index (χ4v) is 5.72. The molecule has 1 aliphatic carbocycles. The maximum atomic E-state index is 14.6. The fourth-order valence-electron chi connectivity index (χ4n) is 5.72. The normalized spacial score (nSPS) is 21.6. The van der Waals surface area contributed by atoms with Gasteiger partial charge in [0.05, 0.1) is 23.3 Å². The Labute approximate surface area is 236 Å². The van der Waals surface area contributed by atoms with E-state index in [9.17, 15) is 27.5 Å². The fraction of sp³-hybridized carbons (Fsp3) is 0.483. The summed E-state index contributed by atoms with van der Waals surface area (Å²) in [5.41, 5.74) is 0.400. The molecule has 3 aliphatic rings. The van der Waals surface area contributed by atoms with Gasteiger partial charge in [-0.15, -0.1) is 0 Å². The molecule has 12 heteroatoms. The number of alkyl halides is 3. The van der Waals surface area contributed by atoms with Crippen molar-refractivity contribution in [2.24, 2.45) is 0 Å². The number of halogens is 4. The van der Waals surface area contributed by atoms with Crippen LogP contribution in [-0.2, 0) is 11.0 Å². The molecule has 0 spiro atoms. The minimum absolute atomic E-state index is 0.104. The van der Waals surface area contributed by atoms with E-state index in [1.165, 1.54) is 12.4 Å². The molecule has 1 amide bonds. The molecule has 1 fully saturated rings. The van der Waals surface area contributed by atoms with Crippen LogP contribution in [0.5, 0.6) is 0 Å². The highest BCUT2D eigenvalue weighted by molar-refractivity contribution is 5.84. The zero-order valence-corrected chi connectivity index (χ0v) is 23.2. The lowest BCUT2D eigenvalue weighted by atomic mass is 9.94. The lowest BCUT2D eigenvalue weighted by molar-refractivity contribution is -0.140. The van der Waals surface area contributed by atoms with Crippen LogP contribution >= 0.6 is 0 Å². The molecule has 41 heavy (non-hydrogen) atoms. The summed E-state index contributed by atoms with van der Waals surface area (Å²) in [5.74, 6) is -1.72. The number of nitrogens with zero attached hydrogens (tertiary/aromatic N) is 6. The monoisotopic (exact) mass is 574 g/mol. The van der Waals surface area contributed by atoms with Crippen LogP contribution in [0, 0.1) is 5.82 Å². The third-order valence-corrected chi connectivity index (χ3v) is 8.02. The van der Waals surface area contributed by atoms with Crippen molar-refractivity contribution >= 4 is 11.7 Å². The van der Waals surface area contributed by atoms with Gasteiger partial charge in [0.25, 0.3) is 0 Å². The van der Waals surface area contributed by atoms with Crippen molar-refractivity contribution < 1.29 is 27.5 Å². The first-order chi connectivity index (χ1) is 19.4. The second-order valence-electron chi connectivity index (χ2n) is 11.1. The zero-order valence-electron chi connectivity index (χ0n) is 23.2. The molecule has 3 atom stereocenters. The highest BCUT2D eigenvalue weighted by Gasteiger charge is 2.37. The summed E-state index contributed by atoms with van der Waals surface area (Å²) in [6.07, 6.45) is 3.88. The average molecular weight is 575 g/mol. The van der Waals surface area contributed by atoms with Crippen LogP contribution in [0.2, 0.25) is 0 Å². The zero-order chi connectivity index (χ0) is 29.5. The quantitative estimate of drug-likeness (QED) is 0.507. The Morgan fingerprint density at radius 3 is 2.37 bits per heavy atom. The summed E-state index contributed by atoms with van der Waals surface area (Å²) in [6.45, 7) is 7.91. The number of aliphatic hydroxyl groups excluding tert-OH is 1. The number of aliphatic hydroxyl groups is 1. The van der Waals surface area contributed by atoms with Crippen molar-refractivity contribution in [3.05, 3.63) is 77.5 Å². The SMILES string of the molecule is CC(C)N1C=CN(C[C@@H](C(=O)N2CCN(c3ncnc4c3[C@H](C)C[C@H]4O)CC2)c2ccc(C(F)(F)F)c(F)c2)C=C1. The molecule has 2 aliphatic heterocycles. The van der Waals surface area contributed by atoms with Gasteiger partial charge in [-0.1, -0.05) is 13.0 Å². The minimum atomic E-state index is -4.83. The molecule has 0 radical (unpaired) electrons. The van der Waals surface area contributed by atoms with Gasteiger partial charge >= 0.3 is 6.18 Å². The van der Waals surface area contributed by atoms with Crippen LogP contribution in [0.1, 0.15) is 67.5 Å². The van der Waals surface area contributed by atoms with Gasteiger partial charge in [-0.05, 0) is 43.9 Å². The van der Waals surface area contributed by atoms with E-state index in [-0.39, 0.29) is 30.0 Å². The van der Waals surface area contributed by atoms with Crippen molar-refractivity contribution in [2.45, 2.75) is 57.3 Å². The largest absolute Gasteiger partial charge is 0.419 e. The second-order valence-corrected chi connectivity index (χ2v) is 11.1. The van der Waals surface area contributed by atoms with Crippen molar-refractivity contribution in [2.75, 3.05) is 37.6 Å². The Hall–Kier alpha value is -3.67. The molecule has 220 valence electrons. The van der Waals surface area contributed by atoms with E-state index >= 15 is 0 Å². The first-order valence-corrected chi connectivity index (χ1v) is 13.8. The molecular formula is C29H34F4N6O2. The molecule has 1 saturated heterocycles. The first kappa shape index (κ1) is 28.8. The summed E-state index contributed by atoms with van der Waals surface area (Å²) in [4.78, 5) is 30.1. The Kier molecular flexibility index (Phi) is 7.95. The van der Waals surface area contributed by atoms with Crippen LogP contribution in [-0.4, -0.2) is 74.4 Å². The number of fused-ring (bicyclic) bond motifs is 1. The summed E-state index contributed by atoms with van der Waals surface area (Å²) < 4.78 is 54.3. The Balaban J connectivity index is 1.35. The molecule has 8 nitrogen and oxygen atoms in total. The topological polar surface area (TPSA) is 76.0 Å². The third-order valence-electron chi connectivity index (χ3n) is 8.02. The van der Waals surface area contributed by atoms with E-state index in [4.69, 9.17) is 0 Å². The van der Waals surface area contributed by atoms with E-state index in [1.807, 2.05) is 38.1 Å². The van der Waals surface area contributed by atoms with Gasteiger partial charge in [0, 0.05) is 69.1 Å². The molecule has 1 N–H and O–H groups in total. The predicted octanol–water partition coefficient (Wildman–Crippen LogP) is 4.58. The number of anilines is 1. The Morgan fingerprint density at radius 2 is 1.76 bits per heavy atom. The predicted molar refractivity (Wildman–Crippen MR) is 145 cm³/mol. The van der Waals surface area contributed by atoms with Crippen molar-refractivity contribution in [3.63, 3.8) is 0 Å². The van der Waals surface area contributed by atoms with Crippen LogP contribution in [0.4, 0.5) is 23.4 Å². The van der Waals surface area contributed by atoms with E-state index in [0.717, 1.165) is 17.4 Å². The second kappa shape index (κ2) is 11.3. The average Bonchev–Trinajstić information content (AvgIpc) is 3.24. The van der Waals surface area contributed by atoms with Gasteiger partial charge in [0.1, 0.15) is 18.0 Å². The molecule has 3 heterocycles. The Morgan fingerprint density at radius 1 is 1.07 bits per heavy atom. The van der Waals surface area contributed by atoms with Crippen molar-refractivity contribution in [1.29, 1.82) is 0 Å². The maximum Gasteiger partial charge on any atom is 0.419 e. The Bertz CT molecular complexity index is 1330. The van der Waals surface area contributed by atoms with Gasteiger partial charge in [0.2, 0.25) is 5.91 Å². The maximum absolute atomic E-state index is 14.6. The van der Waals surface area contributed by atoms with Crippen LogP contribution < -0.4 is 4.90 Å². The molecule has 1 aromatic heterocycles. The van der Waals surface area contributed by atoms with Gasteiger partial charge in [-0.3, -0.25) is 4.79 Å².